The molecule has 3 rings (SSSR count). The van der Waals surface area contributed by atoms with Crippen molar-refractivity contribution < 1.29 is 9.90 Å². The molecule has 130 valence electrons. The number of likely N-dealkylation sites (tertiary alicyclic amines) is 1. The lowest BCUT2D eigenvalue weighted by Gasteiger charge is -2.35. The summed E-state index contributed by atoms with van der Waals surface area (Å²) in [5, 5.41) is 12.2. The number of aliphatic hydroxyl groups excluding tert-OH is 1. The zero-order valence-electron chi connectivity index (χ0n) is 14.0. The highest BCUT2D eigenvalue weighted by Crippen LogP contribution is 2.19. The molecule has 1 aromatic heterocycles. The van der Waals surface area contributed by atoms with Crippen molar-refractivity contribution in [2.75, 3.05) is 19.7 Å². The van der Waals surface area contributed by atoms with Crippen LogP contribution in [0.4, 0.5) is 4.79 Å². The van der Waals surface area contributed by atoms with Gasteiger partial charge < -0.3 is 20.3 Å². The normalized spacial score (nSPS) is 18.0. The van der Waals surface area contributed by atoms with Crippen LogP contribution in [0.5, 0.6) is 0 Å². The summed E-state index contributed by atoms with van der Waals surface area (Å²) in [6.45, 7) is 1.57. The highest BCUT2D eigenvalue weighted by molar-refractivity contribution is 5.75. The molecular weight excluding hydrogens is 304 g/mol. The number of piperidine rings is 1. The average Bonchev–Trinajstić information content (AvgIpc) is 3.02. The lowest BCUT2D eigenvalue weighted by atomic mass is 10.0. The first-order chi connectivity index (χ1) is 11.8. The standard InChI is InChI=1S/C18H26N4O2/c23-13-10-14-6-3-4-12-22(14)18(24)19-11-5-9-17-20-15-7-1-2-8-16(15)21-17/h1-2,7-8,14,23H,3-6,9-13H2,(H,19,24)(H,20,21). The third-order valence-electron chi connectivity index (χ3n) is 4.66. The minimum Gasteiger partial charge on any atom is -0.396 e. The van der Waals surface area contributed by atoms with Crippen molar-refractivity contribution in [2.45, 2.75) is 44.6 Å². The second kappa shape index (κ2) is 8.15. The van der Waals surface area contributed by atoms with Crippen molar-refractivity contribution in [2.24, 2.45) is 0 Å². The Morgan fingerprint density at radius 3 is 3.08 bits per heavy atom. The molecule has 1 unspecified atom stereocenters. The van der Waals surface area contributed by atoms with Crippen LogP contribution in [0.15, 0.2) is 24.3 Å². The van der Waals surface area contributed by atoms with E-state index < -0.39 is 0 Å². The number of aromatic nitrogens is 2. The van der Waals surface area contributed by atoms with E-state index in [0.717, 1.165) is 55.5 Å². The third kappa shape index (κ3) is 4.06. The van der Waals surface area contributed by atoms with Gasteiger partial charge in [-0.15, -0.1) is 0 Å². The molecular formula is C18H26N4O2. The smallest absolute Gasteiger partial charge is 0.317 e. The average molecular weight is 330 g/mol. The van der Waals surface area contributed by atoms with Gasteiger partial charge in [0, 0.05) is 32.2 Å². The third-order valence-corrected chi connectivity index (χ3v) is 4.66. The number of rotatable bonds is 6. The summed E-state index contributed by atoms with van der Waals surface area (Å²) in [7, 11) is 0. The van der Waals surface area contributed by atoms with E-state index in [1.54, 1.807) is 0 Å². The monoisotopic (exact) mass is 330 g/mol. The van der Waals surface area contributed by atoms with Crippen LogP contribution >= 0.6 is 0 Å². The SMILES string of the molecule is O=C(NCCCc1nc2ccccc2[nH]1)N1CCCCC1CCO. The molecule has 3 N–H and O–H groups in total. The van der Waals surface area contributed by atoms with E-state index in [9.17, 15) is 4.79 Å². The Labute approximate surface area is 142 Å². The number of aromatic amines is 1. The van der Waals surface area contributed by atoms with Gasteiger partial charge in [-0.1, -0.05) is 12.1 Å². The van der Waals surface area contributed by atoms with Crippen molar-refractivity contribution in [3.63, 3.8) is 0 Å². The molecule has 1 aromatic carbocycles. The Morgan fingerprint density at radius 2 is 2.25 bits per heavy atom. The number of carbonyl (C=O) groups excluding carboxylic acids is 1. The maximum atomic E-state index is 12.3. The number of imidazole rings is 1. The number of amides is 2. The van der Waals surface area contributed by atoms with E-state index in [1.165, 1.54) is 0 Å². The number of nitrogens with zero attached hydrogens (tertiary/aromatic N) is 2. The molecule has 2 amide bonds. The summed E-state index contributed by atoms with van der Waals surface area (Å²) in [5.74, 6) is 0.960. The van der Waals surface area contributed by atoms with Gasteiger partial charge in [-0.3, -0.25) is 0 Å². The van der Waals surface area contributed by atoms with Crippen LogP contribution in [-0.4, -0.2) is 51.7 Å². The van der Waals surface area contributed by atoms with Crippen LogP contribution in [0.25, 0.3) is 11.0 Å². The minimum absolute atomic E-state index is 0.00208. The fraction of sp³-hybridized carbons (Fsp3) is 0.556. The lowest BCUT2D eigenvalue weighted by Crippen LogP contribution is -2.49. The summed E-state index contributed by atoms with van der Waals surface area (Å²) < 4.78 is 0. The van der Waals surface area contributed by atoms with Gasteiger partial charge in [0.1, 0.15) is 5.82 Å². The number of aliphatic hydroxyl groups is 1. The van der Waals surface area contributed by atoms with Crippen molar-refractivity contribution in [3.8, 4) is 0 Å². The molecule has 24 heavy (non-hydrogen) atoms. The molecule has 1 aliphatic rings. The molecule has 0 aliphatic carbocycles. The van der Waals surface area contributed by atoms with Gasteiger partial charge in [0.25, 0.3) is 0 Å². The summed E-state index contributed by atoms with van der Waals surface area (Å²) in [4.78, 5) is 22.1. The van der Waals surface area contributed by atoms with Crippen LogP contribution < -0.4 is 5.32 Å². The van der Waals surface area contributed by atoms with E-state index in [4.69, 9.17) is 5.11 Å². The molecule has 1 aliphatic heterocycles. The molecule has 1 saturated heterocycles. The van der Waals surface area contributed by atoms with Gasteiger partial charge in [-0.05, 0) is 44.2 Å². The maximum Gasteiger partial charge on any atom is 0.317 e. The fourth-order valence-corrected chi connectivity index (χ4v) is 3.39. The van der Waals surface area contributed by atoms with Gasteiger partial charge in [-0.25, -0.2) is 9.78 Å². The van der Waals surface area contributed by atoms with Gasteiger partial charge in [0.15, 0.2) is 0 Å². The summed E-state index contributed by atoms with van der Waals surface area (Å²) >= 11 is 0. The van der Waals surface area contributed by atoms with Crippen LogP contribution in [0.2, 0.25) is 0 Å². The van der Waals surface area contributed by atoms with E-state index in [2.05, 4.69) is 15.3 Å². The number of carbonyl (C=O) groups is 1. The van der Waals surface area contributed by atoms with Gasteiger partial charge in [-0.2, -0.15) is 0 Å². The zero-order valence-corrected chi connectivity index (χ0v) is 14.0. The number of fused-ring (bicyclic) bond motifs is 1. The van der Waals surface area contributed by atoms with Gasteiger partial charge >= 0.3 is 6.03 Å². The molecule has 0 radical (unpaired) electrons. The predicted molar refractivity (Wildman–Crippen MR) is 93.9 cm³/mol. The number of H-pyrrole nitrogens is 1. The number of para-hydroxylation sites is 2. The molecule has 6 nitrogen and oxygen atoms in total. The first-order valence-electron chi connectivity index (χ1n) is 8.87. The Hall–Kier alpha value is -2.08. The molecule has 0 saturated carbocycles. The number of urea groups is 1. The number of hydrogen-bond acceptors (Lipinski definition) is 3. The van der Waals surface area contributed by atoms with Crippen molar-refractivity contribution in [1.82, 2.24) is 20.2 Å². The van der Waals surface area contributed by atoms with Gasteiger partial charge in [0.2, 0.25) is 0 Å². The molecule has 1 fully saturated rings. The van der Waals surface area contributed by atoms with Crippen LogP contribution in [0.3, 0.4) is 0 Å². The fourth-order valence-electron chi connectivity index (χ4n) is 3.39. The molecule has 0 spiro atoms. The van der Waals surface area contributed by atoms with Crippen molar-refractivity contribution in [1.29, 1.82) is 0 Å². The highest BCUT2D eigenvalue weighted by Gasteiger charge is 2.25. The topological polar surface area (TPSA) is 81.2 Å². The van der Waals surface area contributed by atoms with E-state index in [-0.39, 0.29) is 18.7 Å². The van der Waals surface area contributed by atoms with E-state index >= 15 is 0 Å². The molecule has 6 heteroatoms. The van der Waals surface area contributed by atoms with Gasteiger partial charge in [0.05, 0.1) is 11.0 Å². The predicted octanol–water partition coefficient (Wildman–Crippen LogP) is 2.44. The van der Waals surface area contributed by atoms with E-state index in [0.29, 0.717) is 13.0 Å². The number of benzene rings is 1. The van der Waals surface area contributed by atoms with E-state index in [1.807, 2.05) is 29.2 Å². The Kier molecular flexibility index (Phi) is 5.69. The minimum atomic E-state index is -0.00208. The van der Waals surface area contributed by atoms with Crippen molar-refractivity contribution >= 4 is 17.1 Å². The first-order valence-corrected chi connectivity index (χ1v) is 8.87. The number of aryl methyl sites for hydroxylation is 1. The second-order valence-corrected chi connectivity index (χ2v) is 6.39. The van der Waals surface area contributed by atoms with Crippen LogP contribution in [0, 0.1) is 0 Å². The quantitative estimate of drug-likeness (QED) is 0.712. The second-order valence-electron chi connectivity index (χ2n) is 6.39. The number of nitrogens with one attached hydrogen (secondary N) is 2. The molecule has 2 heterocycles. The Balaban J connectivity index is 1.44. The van der Waals surface area contributed by atoms with Crippen molar-refractivity contribution in [3.05, 3.63) is 30.1 Å². The lowest BCUT2D eigenvalue weighted by molar-refractivity contribution is 0.132. The van der Waals surface area contributed by atoms with Crippen LogP contribution in [-0.2, 0) is 6.42 Å². The molecule has 2 aromatic rings. The zero-order chi connectivity index (χ0) is 16.8. The largest absolute Gasteiger partial charge is 0.396 e. The summed E-state index contributed by atoms with van der Waals surface area (Å²) in [6, 6.07) is 8.16. The highest BCUT2D eigenvalue weighted by atomic mass is 16.3. The summed E-state index contributed by atoms with van der Waals surface area (Å²) in [6.07, 6.45) is 5.52. The maximum absolute atomic E-state index is 12.3. The molecule has 0 bridgehead atoms. The summed E-state index contributed by atoms with van der Waals surface area (Å²) in [5.41, 5.74) is 2.04. The van der Waals surface area contributed by atoms with Crippen LogP contribution in [0.1, 0.15) is 37.9 Å². The Morgan fingerprint density at radius 1 is 1.38 bits per heavy atom. The Bertz CT molecular complexity index is 635. The first kappa shape index (κ1) is 16.8. The number of hydrogen-bond donors (Lipinski definition) is 3. The molecule has 1 atom stereocenters.